The minimum absolute atomic E-state index is 0.423. The van der Waals surface area contributed by atoms with E-state index in [1.165, 1.54) is 19.3 Å². The van der Waals surface area contributed by atoms with Crippen LogP contribution in [0.15, 0.2) is 28.7 Å². The minimum atomic E-state index is 0.423. The molecule has 0 spiro atoms. The number of hydrogen-bond donors (Lipinski definition) is 0. The number of benzene rings is 1. The third kappa shape index (κ3) is 3.33. The molecule has 0 amide bonds. The van der Waals surface area contributed by atoms with Crippen LogP contribution >= 0.6 is 12.2 Å². The van der Waals surface area contributed by atoms with Gasteiger partial charge in [0.15, 0.2) is 0 Å². The molecular formula is C15H19N3O2S. The summed E-state index contributed by atoms with van der Waals surface area (Å²) in [6, 6.07) is 7.62. The predicted molar refractivity (Wildman–Crippen MR) is 82.7 cm³/mol. The van der Waals surface area contributed by atoms with Gasteiger partial charge in [-0.3, -0.25) is 4.90 Å². The van der Waals surface area contributed by atoms with E-state index >= 15 is 0 Å². The number of nitrogens with zero attached hydrogens (tertiary/aromatic N) is 3. The second-order valence-electron chi connectivity index (χ2n) is 5.22. The summed E-state index contributed by atoms with van der Waals surface area (Å²) in [5.74, 6) is 1.37. The van der Waals surface area contributed by atoms with Crippen LogP contribution < -0.4 is 4.74 Å². The maximum Gasteiger partial charge on any atom is 0.288 e. The predicted octanol–water partition coefficient (Wildman–Crippen LogP) is 3.32. The Morgan fingerprint density at radius 1 is 1.19 bits per heavy atom. The van der Waals surface area contributed by atoms with Gasteiger partial charge in [-0.15, -0.1) is 5.10 Å². The standard InChI is InChI=1S/C15H19N3O2S/c1-19-13-7-5-12(6-8-13)14-16-18(15(21)20-14)11-17-9-3-2-4-10-17/h5-8H,2-4,9-11H2,1H3. The summed E-state index contributed by atoms with van der Waals surface area (Å²) >= 11 is 5.27. The molecule has 0 unspecified atom stereocenters. The van der Waals surface area contributed by atoms with E-state index in [9.17, 15) is 0 Å². The van der Waals surface area contributed by atoms with Crippen molar-refractivity contribution in [1.29, 1.82) is 0 Å². The number of aromatic nitrogens is 2. The van der Waals surface area contributed by atoms with Crippen LogP contribution in [-0.2, 0) is 6.67 Å². The first-order valence-corrected chi connectivity index (χ1v) is 7.62. The van der Waals surface area contributed by atoms with Crippen LogP contribution in [0.4, 0.5) is 0 Å². The lowest BCUT2D eigenvalue weighted by Crippen LogP contribution is -2.32. The molecule has 21 heavy (non-hydrogen) atoms. The molecule has 0 bridgehead atoms. The van der Waals surface area contributed by atoms with Crippen molar-refractivity contribution >= 4 is 12.2 Å². The highest BCUT2D eigenvalue weighted by Crippen LogP contribution is 2.21. The van der Waals surface area contributed by atoms with Crippen molar-refractivity contribution in [3.05, 3.63) is 29.1 Å². The van der Waals surface area contributed by atoms with Crippen molar-refractivity contribution in [1.82, 2.24) is 14.7 Å². The summed E-state index contributed by atoms with van der Waals surface area (Å²) in [5.41, 5.74) is 0.902. The summed E-state index contributed by atoms with van der Waals surface area (Å²) in [4.78, 5) is 2.78. The average Bonchev–Trinajstić information content (AvgIpc) is 2.89. The highest BCUT2D eigenvalue weighted by atomic mass is 32.1. The summed E-state index contributed by atoms with van der Waals surface area (Å²) < 4.78 is 12.5. The first-order valence-electron chi connectivity index (χ1n) is 7.21. The molecule has 0 N–H and O–H groups in total. The Balaban J connectivity index is 1.78. The molecule has 2 heterocycles. The first kappa shape index (κ1) is 14.3. The van der Waals surface area contributed by atoms with Crippen LogP contribution in [0.3, 0.4) is 0 Å². The lowest BCUT2D eigenvalue weighted by Gasteiger charge is -2.25. The van der Waals surface area contributed by atoms with Crippen molar-refractivity contribution < 1.29 is 9.15 Å². The second kappa shape index (κ2) is 6.41. The number of rotatable bonds is 4. The Kier molecular flexibility index (Phi) is 4.36. The molecule has 1 aliphatic heterocycles. The number of methoxy groups -OCH3 is 1. The summed E-state index contributed by atoms with van der Waals surface area (Å²) in [6.45, 7) is 2.91. The largest absolute Gasteiger partial charge is 0.497 e. The van der Waals surface area contributed by atoms with Crippen LogP contribution in [0.1, 0.15) is 19.3 Å². The van der Waals surface area contributed by atoms with E-state index in [0.717, 1.165) is 24.4 Å². The molecule has 0 aliphatic carbocycles. The fourth-order valence-electron chi connectivity index (χ4n) is 2.54. The highest BCUT2D eigenvalue weighted by molar-refractivity contribution is 7.71. The van der Waals surface area contributed by atoms with E-state index in [4.69, 9.17) is 21.4 Å². The van der Waals surface area contributed by atoms with Gasteiger partial charge in [0.25, 0.3) is 4.84 Å². The van der Waals surface area contributed by atoms with E-state index < -0.39 is 0 Å². The summed E-state index contributed by atoms with van der Waals surface area (Å²) in [7, 11) is 1.65. The maximum absolute atomic E-state index is 5.61. The quantitative estimate of drug-likeness (QED) is 0.811. The van der Waals surface area contributed by atoms with Gasteiger partial charge in [0.05, 0.1) is 13.8 Å². The third-order valence-electron chi connectivity index (χ3n) is 3.73. The molecule has 3 rings (SSSR count). The van der Waals surface area contributed by atoms with Gasteiger partial charge in [0, 0.05) is 5.56 Å². The Hall–Kier alpha value is -1.66. The maximum atomic E-state index is 5.61. The molecule has 0 saturated carbocycles. The molecule has 1 aromatic carbocycles. The van der Waals surface area contributed by atoms with Crippen molar-refractivity contribution in [2.75, 3.05) is 20.2 Å². The molecule has 1 fully saturated rings. The molecule has 1 saturated heterocycles. The van der Waals surface area contributed by atoms with E-state index in [2.05, 4.69) is 10.00 Å². The third-order valence-corrected chi connectivity index (χ3v) is 4.02. The molecule has 0 radical (unpaired) electrons. The Morgan fingerprint density at radius 3 is 2.57 bits per heavy atom. The number of hydrogen-bond acceptors (Lipinski definition) is 5. The molecule has 0 atom stereocenters. The fourth-order valence-corrected chi connectivity index (χ4v) is 2.71. The van der Waals surface area contributed by atoms with Gasteiger partial charge < -0.3 is 9.15 Å². The van der Waals surface area contributed by atoms with Crippen molar-refractivity contribution in [2.24, 2.45) is 0 Å². The number of piperidine rings is 1. The van der Waals surface area contributed by atoms with Gasteiger partial charge in [-0.1, -0.05) is 6.42 Å². The van der Waals surface area contributed by atoms with Gasteiger partial charge >= 0.3 is 0 Å². The van der Waals surface area contributed by atoms with Gasteiger partial charge in [0.2, 0.25) is 5.89 Å². The van der Waals surface area contributed by atoms with Gasteiger partial charge in [0.1, 0.15) is 5.75 Å². The van der Waals surface area contributed by atoms with E-state index in [1.54, 1.807) is 11.8 Å². The monoisotopic (exact) mass is 305 g/mol. The first-order chi connectivity index (χ1) is 10.3. The van der Waals surface area contributed by atoms with Gasteiger partial charge in [-0.2, -0.15) is 0 Å². The fraction of sp³-hybridized carbons (Fsp3) is 0.467. The summed E-state index contributed by atoms with van der Waals surface area (Å²) in [6.07, 6.45) is 3.81. The Labute approximate surface area is 129 Å². The smallest absolute Gasteiger partial charge is 0.288 e. The SMILES string of the molecule is COc1ccc(-c2nn(CN3CCCCC3)c(=S)o2)cc1. The second-order valence-corrected chi connectivity index (χ2v) is 5.57. The average molecular weight is 305 g/mol. The zero-order chi connectivity index (χ0) is 14.7. The van der Waals surface area contributed by atoms with Crippen LogP contribution in [0.2, 0.25) is 0 Å². The lowest BCUT2D eigenvalue weighted by molar-refractivity contribution is 0.170. The van der Waals surface area contributed by atoms with E-state index in [-0.39, 0.29) is 0 Å². The van der Waals surface area contributed by atoms with E-state index in [1.807, 2.05) is 24.3 Å². The molecular weight excluding hydrogens is 286 g/mol. The van der Waals surface area contributed by atoms with Crippen molar-refractivity contribution in [2.45, 2.75) is 25.9 Å². The zero-order valence-electron chi connectivity index (χ0n) is 12.1. The molecule has 2 aromatic rings. The zero-order valence-corrected chi connectivity index (χ0v) is 12.9. The van der Waals surface area contributed by atoms with Crippen LogP contribution in [-0.4, -0.2) is 34.9 Å². The molecule has 1 aliphatic rings. The lowest BCUT2D eigenvalue weighted by atomic mass is 10.1. The molecule has 112 valence electrons. The van der Waals surface area contributed by atoms with Gasteiger partial charge in [-0.25, -0.2) is 4.68 Å². The summed E-state index contributed by atoms with van der Waals surface area (Å²) in [5, 5.41) is 4.49. The van der Waals surface area contributed by atoms with Crippen LogP contribution in [0.5, 0.6) is 5.75 Å². The minimum Gasteiger partial charge on any atom is -0.497 e. The molecule has 1 aromatic heterocycles. The molecule has 5 nitrogen and oxygen atoms in total. The van der Waals surface area contributed by atoms with Crippen LogP contribution in [0, 0.1) is 4.84 Å². The van der Waals surface area contributed by atoms with E-state index in [0.29, 0.717) is 17.4 Å². The Bertz CT molecular complexity index is 642. The molecule has 6 heteroatoms. The van der Waals surface area contributed by atoms with Crippen molar-refractivity contribution in [3.63, 3.8) is 0 Å². The highest BCUT2D eigenvalue weighted by Gasteiger charge is 2.14. The number of ether oxygens (including phenoxy) is 1. The topological polar surface area (TPSA) is 43.4 Å². The Morgan fingerprint density at radius 2 is 1.90 bits per heavy atom. The normalized spacial score (nSPS) is 16.0. The number of likely N-dealkylation sites (tertiary alicyclic amines) is 1. The van der Waals surface area contributed by atoms with Crippen LogP contribution in [0.25, 0.3) is 11.5 Å². The van der Waals surface area contributed by atoms with Crippen molar-refractivity contribution in [3.8, 4) is 17.2 Å². The van der Waals surface area contributed by atoms with Gasteiger partial charge in [-0.05, 0) is 62.4 Å².